The molecule has 5 nitrogen and oxygen atoms in total. The Kier molecular flexibility index (Phi) is 7.89. The molecule has 0 bridgehead atoms. The molecule has 2 aromatic rings. The van der Waals surface area contributed by atoms with Crippen molar-refractivity contribution >= 4 is 6.03 Å². The lowest BCUT2D eigenvalue weighted by atomic mass is 10.0. The number of ether oxygens (including phenoxy) is 1. The quantitative estimate of drug-likeness (QED) is 0.688. The van der Waals surface area contributed by atoms with Crippen LogP contribution in [0.15, 0.2) is 67.3 Å². The Hall–Kier alpha value is -2.79. The Bertz CT molecular complexity index is 731. The Morgan fingerprint density at radius 2 is 1.81 bits per heavy atom. The number of methoxy groups -OCH3 is 1. The van der Waals surface area contributed by atoms with Gasteiger partial charge < -0.3 is 19.9 Å². The van der Waals surface area contributed by atoms with Crippen LogP contribution < -0.4 is 10.1 Å². The molecule has 0 heterocycles. The third kappa shape index (κ3) is 5.86. The summed E-state index contributed by atoms with van der Waals surface area (Å²) >= 11 is 0. The number of hydrogen-bond acceptors (Lipinski definition) is 3. The first-order valence-corrected chi connectivity index (χ1v) is 9.03. The molecule has 0 aliphatic rings. The van der Waals surface area contributed by atoms with Crippen LogP contribution in [0.4, 0.5) is 4.79 Å². The molecule has 0 saturated carbocycles. The van der Waals surface area contributed by atoms with Gasteiger partial charge in [0.15, 0.2) is 0 Å². The number of rotatable bonds is 9. The van der Waals surface area contributed by atoms with Crippen LogP contribution >= 0.6 is 0 Å². The summed E-state index contributed by atoms with van der Waals surface area (Å²) < 4.78 is 5.49. The zero-order chi connectivity index (χ0) is 19.6. The summed E-state index contributed by atoms with van der Waals surface area (Å²) in [5.41, 5.74) is 2.13. The highest BCUT2D eigenvalue weighted by Crippen LogP contribution is 2.27. The lowest BCUT2D eigenvalue weighted by Gasteiger charge is -2.28. The average Bonchev–Trinajstić information content (AvgIpc) is 2.68. The molecule has 0 aliphatic heterocycles. The number of para-hydroxylation sites is 1. The van der Waals surface area contributed by atoms with Gasteiger partial charge in [0.2, 0.25) is 0 Å². The first-order valence-electron chi connectivity index (χ1n) is 9.03. The van der Waals surface area contributed by atoms with Crippen LogP contribution in [0.2, 0.25) is 0 Å². The fourth-order valence-electron chi connectivity index (χ4n) is 2.99. The fraction of sp³-hybridized carbons (Fsp3) is 0.318. The summed E-state index contributed by atoms with van der Waals surface area (Å²) in [6.45, 7) is 5.28. The molecule has 0 aliphatic carbocycles. The van der Waals surface area contributed by atoms with Crippen molar-refractivity contribution in [1.82, 2.24) is 15.1 Å². The highest BCUT2D eigenvalue weighted by molar-refractivity contribution is 5.74. The van der Waals surface area contributed by atoms with E-state index >= 15 is 0 Å². The molecule has 0 aromatic heterocycles. The second kappa shape index (κ2) is 10.4. The van der Waals surface area contributed by atoms with Crippen LogP contribution in [0.5, 0.6) is 5.75 Å². The first-order chi connectivity index (χ1) is 13.1. The van der Waals surface area contributed by atoms with Gasteiger partial charge in [-0.1, -0.05) is 54.6 Å². The zero-order valence-corrected chi connectivity index (χ0v) is 16.4. The number of likely N-dealkylation sites (N-methyl/N-ethyl adjacent to an activating group) is 1. The summed E-state index contributed by atoms with van der Waals surface area (Å²) in [5, 5.41) is 3.06. The van der Waals surface area contributed by atoms with Gasteiger partial charge in [-0.3, -0.25) is 0 Å². The van der Waals surface area contributed by atoms with Gasteiger partial charge in [0, 0.05) is 25.2 Å². The molecule has 0 spiro atoms. The highest BCUT2D eigenvalue weighted by Gasteiger charge is 2.20. The molecule has 5 heteroatoms. The Labute approximate surface area is 162 Å². The number of urea groups is 1. The number of nitrogens with zero attached hydrogens (tertiary/aromatic N) is 2. The van der Waals surface area contributed by atoms with Crippen molar-refractivity contribution in [3.63, 3.8) is 0 Å². The van der Waals surface area contributed by atoms with E-state index in [2.05, 4.69) is 16.8 Å². The van der Waals surface area contributed by atoms with Crippen molar-refractivity contribution in [1.29, 1.82) is 0 Å². The molecule has 1 unspecified atom stereocenters. The molecule has 2 amide bonds. The van der Waals surface area contributed by atoms with E-state index in [-0.39, 0.29) is 12.1 Å². The van der Waals surface area contributed by atoms with Crippen molar-refractivity contribution in [3.05, 3.63) is 78.4 Å². The second-order valence-corrected chi connectivity index (χ2v) is 6.56. The van der Waals surface area contributed by atoms with Gasteiger partial charge in [-0.2, -0.15) is 0 Å². The van der Waals surface area contributed by atoms with E-state index in [4.69, 9.17) is 4.74 Å². The minimum absolute atomic E-state index is 0.00686. The molecule has 1 atom stereocenters. The lowest BCUT2D eigenvalue weighted by Crippen LogP contribution is -2.43. The van der Waals surface area contributed by atoms with Gasteiger partial charge in [-0.25, -0.2) is 4.79 Å². The van der Waals surface area contributed by atoms with E-state index in [0.29, 0.717) is 19.6 Å². The molecular weight excluding hydrogens is 338 g/mol. The second-order valence-electron chi connectivity index (χ2n) is 6.56. The largest absolute Gasteiger partial charge is 0.496 e. The normalized spacial score (nSPS) is 11.7. The maximum absolute atomic E-state index is 12.8. The Morgan fingerprint density at radius 3 is 2.44 bits per heavy atom. The number of carbonyl (C=O) groups is 1. The van der Waals surface area contributed by atoms with Crippen molar-refractivity contribution in [2.75, 3.05) is 34.3 Å². The monoisotopic (exact) mass is 367 g/mol. The summed E-state index contributed by atoms with van der Waals surface area (Å²) in [6, 6.07) is 17.7. The maximum atomic E-state index is 12.8. The Morgan fingerprint density at radius 1 is 1.15 bits per heavy atom. The van der Waals surface area contributed by atoms with E-state index in [1.54, 1.807) is 18.1 Å². The minimum atomic E-state index is -0.111. The minimum Gasteiger partial charge on any atom is -0.496 e. The molecule has 1 N–H and O–H groups in total. The standard InChI is InChI=1S/C22H29N3O2/c1-5-15-25(17-18-11-7-6-8-12-18)22(26)23-16-20(24(2)3)19-13-9-10-14-21(19)27-4/h5-14,20H,1,15-17H2,2-4H3,(H,23,26). The molecule has 2 rings (SSSR count). The van der Waals surface area contributed by atoms with Crippen LogP contribution in [-0.2, 0) is 6.54 Å². The van der Waals surface area contributed by atoms with Gasteiger partial charge in [0.25, 0.3) is 0 Å². The number of nitrogens with one attached hydrogen (secondary N) is 1. The lowest BCUT2D eigenvalue weighted by molar-refractivity contribution is 0.195. The van der Waals surface area contributed by atoms with Crippen LogP contribution in [0, 0.1) is 0 Å². The van der Waals surface area contributed by atoms with E-state index in [1.165, 1.54) is 0 Å². The highest BCUT2D eigenvalue weighted by atomic mass is 16.5. The predicted molar refractivity (Wildman–Crippen MR) is 110 cm³/mol. The maximum Gasteiger partial charge on any atom is 0.318 e. The van der Waals surface area contributed by atoms with E-state index in [0.717, 1.165) is 16.9 Å². The first kappa shape index (κ1) is 20.5. The van der Waals surface area contributed by atoms with Crippen LogP contribution in [0.25, 0.3) is 0 Å². The number of carbonyl (C=O) groups excluding carboxylic acids is 1. The third-order valence-corrected chi connectivity index (χ3v) is 4.42. The predicted octanol–water partition coefficient (Wildman–Crippen LogP) is 3.70. The summed E-state index contributed by atoms with van der Waals surface area (Å²) in [5.74, 6) is 0.817. The van der Waals surface area contributed by atoms with Crippen molar-refractivity contribution in [2.24, 2.45) is 0 Å². The van der Waals surface area contributed by atoms with Crippen LogP contribution in [0.1, 0.15) is 17.2 Å². The fourth-order valence-corrected chi connectivity index (χ4v) is 2.99. The van der Waals surface area contributed by atoms with Gasteiger partial charge in [-0.05, 0) is 25.7 Å². The molecule has 2 aromatic carbocycles. The zero-order valence-electron chi connectivity index (χ0n) is 16.4. The van der Waals surface area contributed by atoms with E-state index in [9.17, 15) is 4.79 Å². The molecule has 27 heavy (non-hydrogen) atoms. The number of hydrogen-bond donors (Lipinski definition) is 1. The molecule has 0 saturated heterocycles. The summed E-state index contributed by atoms with van der Waals surface area (Å²) in [6.07, 6.45) is 1.74. The molecule has 0 radical (unpaired) electrons. The van der Waals surface area contributed by atoms with Crippen molar-refractivity contribution < 1.29 is 9.53 Å². The van der Waals surface area contributed by atoms with E-state index in [1.807, 2.05) is 68.7 Å². The average molecular weight is 367 g/mol. The van der Waals surface area contributed by atoms with Gasteiger partial charge in [-0.15, -0.1) is 6.58 Å². The van der Waals surface area contributed by atoms with Crippen molar-refractivity contribution in [3.8, 4) is 5.75 Å². The molecule has 144 valence electrons. The summed E-state index contributed by atoms with van der Waals surface area (Å²) in [7, 11) is 5.65. The third-order valence-electron chi connectivity index (χ3n) is 4.42. The smallest absolute Gasteiger partial charge is 0.318 e. The van der Waals surface area contributed by atoms with Gasteiger partial charge in [0.05, 0.1) is 13.2 Å². The topological polar surface area (TPSA) is 44.8 Å². The summed E-state index contributed by atoms with van der Waals surface area (Å²) in [4.78, 5) is 16.6. The van der Waals surface area contributed by atoms with Crippen molar-refractivity contribution in [2.45, 2.75) is 12.6 Å². The molecule has 0 fully saturated rings. The number of amides is 2. The van der Waals surface area contributed by atoms with E-state index < -0.39 is 0 Å². The van der Waals surface area contributed by atoms with Crippen LogP contribution in [0.3, 0.4) is 0 Å². The van der Waals surface area contributed by atoms with Gasteiger partial charge in [0.1, 0.15) is 5.75 Å². The van der Waals surface area contributed by atoms with Crippen LogP contribution in [-0.4, -0.2) is 50.1 Å². The Balaban J connectivity index is 2.08. The molecular formula is C22H29N3O2. The van der Waals surface area contributed by atoms with Gasteiger partial charge >= 0.3 is 6.03 Å². The number of benzene rings is 2. The SMILES string of the molecule is C=CCN(Cc1ccccc1)C(=O)NCC(c1ccccc1OC)N(C)C.